The summed E-state index contributed by atoms with van der Waals surface area (Å²) in [6.07, 6.45) is 14.2. The molecule has 0 amide bonds. The summed E-state index contributed by atoms with van der Waals surface area (Å²) in [5.74, 6) is 2.77. The summed E-state index contributed by atoms with van der Waals surface area (Å²) in [7, 11) is 0. The predicted molar refractivity (Wildman–Crippen MR) is 85.7 cm³/mol. The van der Waals surface area contributed by atoms with Crippen molar-refractivity contribution in [2.45, 2.75) is 83.2 Å². The van der Waals surface area contributed by atoms with Crippen molar-refractivity contribution in [3.05, 3.63) is 0 Å². The van der Waals surface area contributed by atoms with Crippen LogP contribution in [0.15, 0.2) is 0 Å². The third-order valence-electron chi connectivity index (χ3n) is 6.44. The molecule has 3 aliphatic rings. The molecule has 3 fully saturated rings. The van der Waals surface area contributed by atoms with Crippen LogP contribution in [-0.4, -0.2) is 30.1 Å². The first-order chi connectivity index (χ1) is 9.78. The van der Waals surface area contributed by atoms with Gasteiger partial charge in [-0.15, -0.1) is 0 Å². The Morgan fingerprint density at radius 2 is 1.90 bits per heavy atom. The summed E-state index contributed by atoms with van der Waals surface area (Å²) >= 11 is 0. The molecule has 2 heteroatoms. The highest BCUT2D eigenvalue weighted by Gasteiger charge is 2.38. The molecule has 3 rings (SSSR count). The molecule has 0 aromatic carbocycles. The van der Waals surface area contributed by atoms with Gasteiger partial charge in [0.15, 0.2) is 0 Å². The Kier molecular flexibility index (Phi) is 5.04. The van der Waals surface area contributed by atoms with E-state index < -0.39 is 0 Å². The molecular weight excluding hydrogens is 244 g/mol. The van der Waals surface area contributed by atoms with Crippen molar-refractivity contribution >= 4 is 0 Å². The zero-order valence-electron chi connectivity index (χ0n) is 13.4. The van der Waals surface area contributed by atoms with Gasteiger partial charge in [-0.2, -0.15) is 0 Å². The van der Waals surface area contributed by atoms with Crippen molar-refractivity contribution in [3.63, 3.8) is 0 Å². The first-order valence-electron chi connectivity index (χ1n) is 9.27. The van der Waals surface area contributed by atoms with Gasteiger partial charge >= 0.3 is 0 Å². The highest BCUT2D eigenvalue weighted by molar-refractivity contribution is 4.93. The van der Waals surface area contributed by atoms with Gasteiger partial charge in [0.05, 0.1) is 0 Å². The van der Waals surface area contributed by atoms with E-state index in [0.717, 1.165) is 23.8 Å². The van der Waals surface area contributed by atoms with Gasteiger partial charge in [-0.25, -0.2) is 0 Å². The Labute approximate surface area is 125 Å². The van der Waals surface area contributed by atoms with E-state index in [1.54, 1.807) is 0 Å². The summed E-state index contributed by atoms with van der Waals surface area (Å²) in [6.45, 7) is 5.00. The van der Waals surface area contributed by atoms with Crippen LogP contribution in [0, 0.1) is 17.8 Å². The molecule has 2 aliphatic carbocycles. The SMILES string of the molecule is CCCC1CCC(N)C(CN2CCC3CCCCC32)C1. The molecule has 0 aromatic rings. The number of nitrogens with zero attached hydrogens (tertiary/aromatic N) is 1. The van der Waals surface area contributed by atoms with E-state index in [2.05, 4.69) is 11.8 Å². The molecule has 0 spiro atoms. The highest BCUT2D eigenvalue weighted by atomic mass is 15.2. The molecule has 1 heterocycles. The first kappa shape index (κ1) is 14.8. The maximum Gasteiger partial charge on any atom is 0.0124 e. The van der Waals surface area contributed by atoms with Crippen LogP contribution >= 0.6 is 0 Å². The lowest BCUT2D eigenvalue weighted by Gasteiger charge is -2.39. The van der Waals surface area contributed by atoms with Crippen molar-refractivity contribution in [2.24, 2.45) is 23.5 Å². The zero-order valence-corrected chi connectivity index (χ0v) is 13.4. The van der Waals surface area contributed by atoms with Gasteiger partial charge in [-0.05, 0) is 62.8 Å². The second kappa shape index (κ2) is 6.79. The Morgan fingerprint density at radius 1 is 1.05 bits per heavy atom. The van der Waals surface area contributed by atoms with Crippen molar-refractivity contribution < 1.29 is 0 Å². The number of hydrogen-bond acceptors (Lipinski definition) is 2. The maximum atomic E-state index is 6.46. The summed E-state index contributed by atoms with van der Waals surface area (Å²) in [5.41, 5.74) is 6.46. The lowest BCUT2D eigenvalue weighted by atomic mass is 9.76. The van der Waals surface area contributed by atoms with Crippen LogP contribution in [0.3, 0.4) is 0 Å². The van der Waals surface area contributed by atoms with Crippen molar-refractivity contribution in [1.82, 2.24) is 4.90 Å². The van der Waals surface area contributed by atoms with Crippen LogP contribution in [0.4, 0.5) is 0 Å². The minimum absolute atomic E-state index is 0.478. The monoisotopic (exact) mass is 278 g/mol. The average molecular weight is 278 g/mol. The van der Waals surface area contributed by atoms with Gasteiger partial charge in [-0.1, -0.05) is 32.6 Å². The maximum absolute atomic E-state index is 6.46. The van der Waals surface area contributed by atoms with Gasteiger partial charge in [-0.3, -0.25) is 4.90 Å². The molecule has 1 aliphatic heterocycles. The zero-order chi connectivity index (χ0) is 13.9. The summed E-state index contributed by atoms with van der Waals surface area (Å²) < 4.78 is 0. The topological polar surface area (TPSA) is 29.3 Å². The van der Waals surface area contributed by atoms with Gasteiger partial charge in [0.1, 0.15) is 0 Å². The molecule has 2 nitrogen and oxygen atoms in total. The third kappa shape index (κ3) is 3.22. The Hall–Kier alpha value is -0.0800. The van der Waals surface area contributed by atoms with E-state index in [1.807, 2.05) is 0 Å². The second-order valence-corrected chi connectivity index (χ2v) is 7.79. The smallest absolute Gasteiger partial charge is 0.0124 e. The van der Waals surface area contributed by atoms with Crippen molar-refractivity contribution in [1.29, 1.82) is 0 Å². The minimum Gasteiger partial charge on any atom is -0.327 e. The van der Waals surface area contributed by atoms with Crippen molar-refractivity contribution in [2.75, 3.05) is 13.1 Å². The quantitative estimate of drug-likeness (QED) is 0.847. The molecule has 0 aromatic heterocycles. The van der Waals surface area contributed by atoms with Crippen LogP contribution in [-0.2, 0) is 0 Å². The second-order valence-electron chi connectivity index (χ2n) is 7.79. The van der Waals surface area contributed by atoms with E-state index in [0.29, 0.717) is 6.04 Å². The average Bonchev–Trinajstić information content (AvgIpc) is 2.86. The summed E-state index contributed by atoms with van der Waals surface area (Å²) in [6, 6.07) is 1.40. The van der Waals surface area contributed by atoms with Crippen LogP contribution < -0.4 is 5.73 Å². The third-order valence-corrected chi connectivity index (χ3v) is 6.44. The fourth-order valence-electron chi connectivity index (χ4n) is 5.30. The van der Waals surface area contributed by atoms with Crippen LogP contribution in [0.5, 0.6) is 0 Å². The lowest BCUT2D eigenvalue weighted by molar-refractivity contribution is 0.119. The number of likely N-dealkylation sites (tertiary alicyclic amines) is 1. The summed E-state index contributed by atoms with van der Waals surface area (Å²) in [4.78, 5) is 2.84. The van der Waals surface area contributed by atoms with Gasteiger partial charge in [0, 0.05) is 18.6 Å². The Morgan fingerprint density at radius 3 is 2.75 bits per heavy atom. The van der Waals surface area contributed by atoms with E-state index in [1.165, 1.54) is 77.3 Å². The molecule has 0 radical (unpaired) electrons. The number of fused-ring (bicyclic) bond motifs is 1. The predicted octanol–water partition coefficient (Wildman–Crippen LogP) is 3.79. The number of nitrogens with two attached hydrogens (primary N) is 1. The van der Waals surface area contributed by atoms with E-state index in [-0.39, 0.29) is 0 Å². The first-order valence-corrected chi connectivity index (χ1v) is 9.27. The van der Waals surface area contributed by atoms with Crippen LogP contribution in [0.2, 0.25) is 0 Å². The lowest BCUT2D eigenvalue weighted by Crippen LogP contribution is -2.45. The fraction of sp³-hybridized carbons (Fsp3) is 1.00. The molecule has 5 atom stereocenters. The molecule has 1 saturated heterocycles. The molecule has 2 saturated carbocycles. The molecule has 20 heavy (non-hydrogen) atoms. The van der Waals surface area contributed by atoms with Gasteiger partial charge < -0.3 is 5.73 Å². The van der Waals surface area contributed by atoms with Crippen LogP contribution in [0.25, 0.3) is 0 Å². The van der Waals surface area contributed by atoms with Gasteiger partial charge in [0.25, 0.3) is 0 Å². The van der Waals surface area contributed by atoms with Crippen LogP contribution in [0.1, 0.15) is 71.1 Å². The normalized spacial score (nSPS) is 42.6. The standard InChI is InChI=1S/C18H34N2/c1-2-5-14-8-9-17(19)16(12-14)13-20-11-10-15-6-3-4-7-18(15)20/h14-18H,2-13,19H2,1H3. The van der Waals surface area contributed by atoms with Crippen molar-refractivity contribution in [3.8, 4) is 0 Å². The fourth-order valence-corrected chi connectivity index (χ4v) is 5.30. The largest absolute Gasteiger partial charge is 0.327 e. The minimum atomic E-state index is 0.478. The molecule has 0 bridgehead atoms. The van der Waals surface area contributed by atoms with E-state index in [4.69, 9.17) is 5.73 Å². The number of hydrogen-bond donors (Lipinski definition) is 1. The summed E-state index contributed by atoms with van der Waals surface area (Å²) in [5, 5.41) is 0. The molecule has 5 unspecified atom stereocenters. The Balaban J connectivity index is 1.55. The van der Waals surface area contributed by atoms with E-state index >= 15 is 0 Å². The molecule has 2 N–H and O–H groups in total. The van der Waals surface area contributed by atoms with E-state index in [9.17, 15) is 0 Å². The number of rotatable bonds is 4. The molecular formula is C18H34N2. The molecule has 116 valence electrons. The highest BCUT2D eigenvalue weighted by Crippen LogP contribution is 2.38. The van der Waals surface area contributed by atoms with Gasteiger partial charge in [0.2, 0.25) is 0 Å². The Bertz CT molecular complexity index is 304.